The van der Waals surface area contributed by atoms with Crippen molar-refractivity contribution in [2.45, 2.75) is 38.3 Å². The molecular formula is C19H21NO4. The van der Waals surface area contributed by atoms with Crippen LogP contribution in [-0.2, 0) is 16.0 Å². The zero-order valence-corrected chi connectivity index (χ0v) is 13.9. The Kier molecular flexibility index (Phi) is 4.42. The highest BCUT2D eigenvalue weighted by atomic mass is 16.5. The predicted octanol–water partition coefficient (Wildman–Crippen LogP) is 2.86. The number of aliphatic carboxylic acids is 1. The number of methoxy groups -OCH3 is 1. The normalized spacial score (nSPS) is 15.1. The van der Waals surface area contributed by atoms with Crippen LogP contribution in [0.15, 0.2) is 36.4 Å². The van der Waals surface area contributed by atoms with E-state index >= 15 is 0 Å². The number of carbonyl (C=O) groups is 2. The topological polar surface area (TPSA) is 66.8 Å². The maximum absolute atomic E-state index is 12.8. The molecule has 1 atom stereocenters. The fraction of sp³-hybridized carbons (Fsp3) is 0.368. The molecule has 5 nitrogen and oxygen atoms in total. The van der Waals surface area contributed by atoms with Crippen LogP contribution in [0, 0.1) is 0 Å². The molecular weight excluding hydrogens is 306 g/mol. The van der Waals surface area contributed by atoms with E-state index < -0.39 is 12.0 Å². The third-order valence-corrected chi connectivity index (χ3v) is 4.52. The fourth-order valence-electron chi connectivity index (χ4n) is 3.06. The molecule has 1 amide bonds. The van der Waals surface area contributed by atoms with Gasteiger partial charge in [-0.2, -0.15) is 0 Å². The average Bonchev–Trinajstić information content (AvgIpc) is 3.39. The van der Waals surface area contributed by atoms with Crippen LogP contribution in [0.1, 0.15) is 25.3 Å². The SMILES string of the molecule is COc1ccc2cccc(CC(=O)N(C3CC3)C(C)C(=O)O)c2c1. The molecule has 2 aromatic rings. The molecule has 0 bridgehead atoms. The molecule has 0 radical (unpaired) electrons. The highest BCUT2D eigenvalue weighted by Crippen LogP contribution is 2.30. The van der Waals surface area contributed by atoms with Gasteiger partial charge in [0.2, 0.25) is 5.91 Å². The van der Waals surface area contributed by atoms with Gasteiger partial charge in [0, 0.05) is 6.04 Å². The van der Waals surface area contributed by atoms with E-state index in [2.05, 4.69) is 0 Å². The molecule has 0 saturated heterocycles. The lowest BCUT2D eigenvalue weighted by atomic mass is 10.0. The van der Waals surface area contributed by atoms with Crippen molar-refractivity contribution in [2.24, 2.45) is 0 Å². The Morgan fingerprint density at radius 1 is 1.29 bits per heavy atom. The average molecular weight is 327 g/mol. The molecule has 1 unspecified atom stereocenters. The molecule has 0 aliphatic heterocycles. The Labute approximate surface area is 140 Å². The number of amides is 1. The van der Waals surface area contributed by atoms with Crippen LogP contribution in [0.2, 0.25) is 0 Å². The van der Waals surface area contributed by atoms with E-state index in [1.807, 2.05) is 36.4 Å². The molecule has 5 heteroatoms. The summed E-state index contributed by atoms with van der Waals surface area (Å²) in [7, 11) is 1.61. The van der Waals surface area contributed by atoms with Gasteiger partial charge in [-0.25, -0.2) is 4.79 Å². The molecule has 1 saturated carbocycles. The minimum absolute atomic E-state index is 0.0631. The quantitative estimate of drug-likeness (QED) is 0.886. The lowest BCUT2D eigenvalue weighted by Gasteiger charge is -2.26. The summed E-state index contributed by atoms with van der Waals surface area (Å²) < 4.78 is 5.27. The third kappa shape index (κ3) is 3.20. The van der Waals surface area contributed by atoms with Gasteiger partial charge in [0.05, 0.1) is 13.5 Å². The van der Waals surface area contributed by atoms with Crippen LogP contribution in [0.5, 0.6) is 5.75 Å². The summed E-state index contributed by atoms with van der Waals surface area (Å²) in [6.45, 7) is 1.57. The summed E-state index contributed by atoms with van der Waals surface area (Å²) in [6.07, 6.45) is 1.96. The third-order valence-electron chi connectivity index (χ3n) is 4.52. The zero-order valence-electron chi connectivity index (χ0n) is 13.9. The standard InChI is InChI=1S/C19H21NO4/c1-12(19(22)23)20(15-7-8-15)18(21)10-14-5-3-4-13-6-9-16(24-2)11-17(13)14/h3-6,9,11-12,15H,7-8,10H2,1-2H3,(H,22,23). The number of nitrogens with zero attached hydrogens (tertiary/aromatic N) is 1. The van der Waals surface area contributed by atoms with E-state index in [4.69, 9.17) is 4.74 Å². The van der Waals surface area contributed by atoms with Crippen molar-refractivity contribution in [2.75, 3.05) is 7.11 Å². The van der Waals surface area contributed by atoms with E-state index in [1.165, 1.54) is 4.90 Å². The lowest BCUT2D eigenvalue weighted by molar-refractivity contribution is -0.149. The van der Waals surface area contributed by atoms with Crippen molar-refractivity contribution >= 4 is 22.6 Å². The van der Waals surface area contributed by atoms with Gasteiger partial charge < -0.3 is 14.7 Å². The molecule has 0 heterocycles. The van der Waals surface area contributed by atoms with Gasteiger partial charge >= 0.3 is 5.97 Å². The van der Waals surface area contributed by atoms with Crippen LogP contribution in [-0.4, -0.2) is 41.1 Å². The molecule has 0 spiro atoms. The minimum atomic E-state index is -0.963. The molecule has 1 fully saturated rings. The number of carbonyl (C=O) groups excluding carboxylic acids is 1. The van der Waals surface area contributed by atoms with Crippen LogP contribution in [0.3, 0.4) is 0 Å². The van der Waals surface area contributed by atoms with Crippen LogP contribution >= 0.6 is 0 Å². The second-order valence-corrected chi connectivity index (χ2v) is 6.23. The summed E-state index contributed by atoms with van der Waals surface area (Å²) >= 11 is 0. The highest BCUT2D eigenvalue weighted by molar-refractivity contribution is 5.92. The van der Waals surface area contributed by atoms with E-state index in [0.29, 0.717) is 0 Å². The van der Waals surface area contributed by atoms with Crippen molar-refractivity contribution in [3.05, 3.63) is 42.0 Å². The van der Waals surface area contributed by atoms with Crippen LogP contribution in [0.4, 0.5) is 0 Å². The smallest absolute Gasteiger partial charge is 0.326 e. The van der Waals surface area contributed by atoms with E-state index in [1.54, 1.807) is 14.0 Å². The molecule has 1 N–H and O–H groups in total. The first-order valence-corrected chi connectivity index (χ1v) is 8.11. The summed E-state index contributed by atoms with van der Waals surface area (Å²) in [5, 5.41) is 11.3. The van der Waals surface area contributed by atoms with Gasteiger partial charge in [0.15, 0.2) is 0 Å². The van der Waals surface area contributed by atoms with Gasteiger partial charge in [0.25, 0.3) is 0 Å². The summed E-state index contributed by atoms with van der Waals surface area (Å²) in [4.78, 5) is 25.6. The molecule has 1 aliphatic rings. The summed E-state index contributed by atoms with van der Waals surface area (Å²) in [5.74, 6) is -0.363. The number of carboxylic acids is 1. The van der Waals surface area contributed by atoms with E-state index in [-0.39, 0.29) is 18.4 Å². The first kappa shape index (κ1) is 16.3. The maximum Gasteiger partial charge on any atom is 0.326 e. The Balaban J connectivity index is 1.90. The highest BCUT2D eigenvalue weighted by Gasteiger charge is 2.38. The van der Waals surface area contributed by atoms with Crippen LogP contribution < -0.4 is 4.74 Å². The summed E-state index contributed by atoms with van der Waals surface area (Å²) in [6, 6.07) is 10.8. The molecule has 126 valence electrons. The minimum Gasteiger partial charge on any atom is -0.497 e. The molecule has 3 rings (SSSR count). The monoisotopic (exact) mass is 327 g/mol. The molecule has 2 aromatic carbocycles. The first-order chi connectivity index (χ1) is 11.5. The van der Waals surface area contributed by atoms with Crippen molar-refractivity contribution in [3.63, 3.8) is 0 Å². The van der Waals surface area contributed by atoms with Crippen molar-refractivity contribution in [1.29, 1.82) is 0 Å². The predicted molar refractivity (Wildman–Crippen MR) is 91.2 cm³/mol. The zero-order chi connectivity index (χ0) is 17.3. The van der Waals surface area contributed by atoms with Gasteiger partial charge in [-0.3, -0.25) is 4.79 Å². The first-order valence-electron chi connectivity index (χ1n) is 8.11. The number of carboxylic acid groups (broad SMARTS) is 1. The Morgan fingerprint density at radius 3 is 2.67 bits per heavy atom. The number of ether oxygens (including phenoxy) is 1. The molecule has 1 aliphatic carbocycles. The Morgan fingerprint density at radius 2 is 2.04 bits per heavy atom. The van der Waals surface area contributed by atoms with Crippen LogP contribution in [0.25, 0.3) is 10.8 Å². The Hall–Kier alpha value is -2.56. The second-order valence-electron chi connectivity index (χ2n) is 6.23. The fourth-order valence-corrected chi connectivity index (χ4v) is 3.06. The molecule has 24 heavy (non-hydrogen) atoms. The Bertz CT molecular complexity index is 782. The van der Waals surface area contributed by atoms with Crippen molar-refractivity contribution in [3.8, 4) is 5.75 Å². The van der Waals surface area contributed by atoms with E-state index in [9.17, 15) is 14.7 Å². The number of rotatable bonds is 6. The second kappa shape index (κ2) is 6.51. The van der Waals surface area contributed by atoms with Gasteiger partial charge in [-0.15, -0.1) is 0 Å². The molecule has 0 aromatic heterocycles. The summed E-state index contributed by atoms with van der Waals surface area (Å²) in [5.41, 5.74) is 0.889. The lowest BCUT2D eigenvalue weighted by Crippen LogP contribution is -2.45. The maximum atomic E-state index is 12.8. The largest absolute Gasteiger partial charge is 0.497 e. The van der Waals surface area contributed by atoms with Gasteiger partial charge in [0.1, 0.15) is 11.8 Å². The van der Waals surface area contributed by atoms with Crippen molar-refractivity contribution < 1.29 is 19.4 Å². The van der Waals surface area contributed by atoms with E-state index in [0.717, 1.165) is 34.9 Å². The van der Waals surface area contributed by atoms with Gasteiger partial charge in [-0.1, -0.05) is 24.3 Å². The van der Waals surface area contributed by atoms with Crippen molar-refractivity contribution in [1.82, 2.24) is 4.90 Å². The number of benzene rings is 2. The number of hydrogen-bond acceptors (Lipinski definition) is 3. The number of fused-ring (bicyclic) bond motifs is 1. The number of hydrogen-bond donors (Lipinski definition) is 1. The van der Waals surface area contributed by atoms with Gasteiger partial charge in [-0.05, 0) is 48.2 Å².